The van der Waals surface area contributed by atoms with Gasteiger partial charge in [0, 0.05) is 21.4 Å². The predicted octanol–water partition coefficient (Wildman–Crippen LogP) is 13.1. The Labute approximate surface area is 312 Å². The Morgan fingerprint density at radius 1 is 0.453 bits per heavy atom. The van der Waals surface area contributed by atoms with E-state index >= 15 is 0 Å². The molecule has 2 atom stereocenters. The summed E-state index contributed by atoms with van der Waals surface area (Å²) in [4.78, 5) is 3.80. The van der Waals surface area contributed by atoms with Crippen LogP contribution in [0.5, 0.6) is 0 Å². The molecule has 248 valence electrons. The fourth-order valence-corrected chi connectivity index (χ4v) is 11.1. The molecule has 0 bridgehead atoms. The molecule has 0 saturated carbocycles. The summed E-state index contributed by atoms with van der Waals surface area (Å²) in [5, 5.41) is 2.74. The van der Waals surface area contributed by atoms with Gasteiger partial charge in [-0.15, -0.1) is 0 Å². The third kappa shape index (κ3) is 3.79. The Morgan fingerprint density at radius 2 is 1.09 bits per heavy atom. The van der Waals surface area contributed by atoms with Crippen molar-refractivity contribution in [2.24, 2.45) is 0 Å². The monoisotopic (exact) mass is 692 g/mol. The number of para-hydroxylation sites is 5. The van der Waals surface area contributed by atoms with Gasteiger partial charge in [0.05, 0.1) is 27.8 Å². The summed E-state index contributed by atoms with van der Waals surface area (Å²) in [7, 11) is 0. The van der Waals surface area contributed by atoms with Crippen molar-refractivity contribution < 1.29 is 0 Å². The SMILES string of the molecule is c1ccc(N2c3ccccc3SC2c2ccc(-c3cccc4c3C3(c5ccccc5-4)c4ccccc4-n4c5ccccc5c5cccc3c54)cc2)cc1. The van der Waals surface area contributed by atoms with Crippen molar-refractivity contribution in [2.75, 3.05) is 4.90 Å². The predicted molar refractivity (Wildman–Crippen MR) is 221 cm³/mol. The summed E-state index contributed by atoms with van der Waals surface area (Å²) in [6.07, 6.45) is 0. The average Bonchev–Trinajstić information content (AvgIpc) is 3.88. The molecule has 3 aliphatic rings. The quantitative estimate of drug-likeness (QED) is 0.182. The van der Waals surface area contributed by atoms with E-state index in [9.17, 15) is 0 Å². The molecule has 0 N–H and O–H groups in total. The van der Waals surface area contributed by atoms with E-state index in [0.29, 0.717) is 0 Å². The molecule has 2 unspecified atom stereocenters. The summed E-state index contributed by atoms with van der Waals surface area (Å²) in [5.41, 5.74) is 17.6. The van der Waals surface area contributed by atoms with Crippen molar-refractivity contribution in [1.82, 2.24) is 4.57 Å². The zero-order valence-corrected chi connectivity index (χ0v) is 29.6. The Balaban J connectivity index is 1.10. The van der Waals surface area contributed by atoms with Crippen molar-refractivity contribution in [3.8, 4) is 27.9 Å². The van der Waals surface area contributed by atoms with Crippen LogP contribution in [-0.4, -0.2) is 4.57 Å². The molecule has 12 rings (SSSR count). The Hall–Kier alpha value is -6.29. The highest BCUT2D eigenvalue weighted by Crippen LogP contribution is 2.63. The minimum absolute atomic E-state index is 0.144. The molecule has 3 heterocycles. The summed E-state index contributed by atoms with van der Waals surface area (Å²) < 4.78 is 2.52. The normalized spacial score (nSPS) is 17.6. The van der Waals surface area contributed by atoms with Crippen LogP contribution < -0.4 is 4.90 Å². The van der Waals surface area contributed by atoms with Gasteiger partial charge in [0.2, 0.25) is 0 Å². The molecule has 3 heteroatoms. The number of anilines is 2. The molecule has 1 aromatic heterocycles. The highest BCUT2D eigenvalue weighted by molar-refractivity contribution is 8.00. The highest BCUT2D eigenvalue weighted by Gasteiger charge is 2.52. The van der Waals surface area contributed by atoms with Gasteiger partial charge in [0.25, 0.3) is 0 Å². The fraction of sp³-hybridized carbons (Fsp3) is 0.0400. The van der Waals surface area contributed by atoms with Crippen molar-refractivity contribution in [2.45, 2.75) is 15.7 Å². The molecule has 53 heavy (non-hydrogen) atoms. The van der Waals surface area contributed by atoms with E-state index in [1.165, 1.54) is 93.8 Å². The lowest BCUT2D eigenvalue weighted by Crippen LogP contribution is -2.34. The van der Waals surface area contributed by atoms with Gasteiger partial charge < -0.3 is 9.47 Å². The fourth-order valence-electron chi connectivity index (χ4n) is 9.83. The third-order valence-corrected chi connectivity index (χ3v) is 13.2. The molecule has 8 aromatic carbocycles. The standard InChI is InChI=1S/C50H32N2S/c1-2-14-34(15-3-1)51-45-26-10-11-27-46(45)53-49(51)33-30-28-32(29-31-33)35-18-12-19-38-36-16-4-6-21-40(36)50(47(35)38)41-22-7-9-25-44(41)52-43-24-8-5-17-37(43)39-20-13-23-42(50)48(39)52/h1-31,49H. The van der Waals surface area contributed by atoms with E-state index in [-0.39, 0.29) is 5.37 Å². The molecular formula is C50H32N2S. The summed E-state index contributed by atoms with van der Waals surface area (Å²) in [5.74, 6) is 0. The zero-order chi connectivity index (χ0) is 34.7. The number of thioether (sulfide) groups is 1. The molecule has 0 amide bonds. The first-order valence-corrected chi connectivity index (χ1v) is 19.3. The molecule has 1 aliphatic carbocycles. The van der Waals surface area contributed by atoms with Crippen LogP contribution in [0.2, 0.25) is 0 Å². The molecule has 1 spiro atoms. The number of hydrogen-bond donors (Lipinski definition) is 0. The first-order chi connectivity index (χ1) is 26.3. The van der Waals surface area contributed by atoms with Crippen LogP contribution in [0, 0.1) is 0 Å². The summed E-state index contributed by atoms with van der Waals surface area (Å²) >= 11 is 1.93. The van der Waals surface area contributed by atoms with Crippen molar-refractivity contribution in [1.29, 1.82) is 0 Å². The van der Waals surface area contributed by atoms with E-state index in [1.54, 1.807) is 0 Å². The Kier molecular flexibility index (Phi) is 6.01. The topological polar surface area (TPSA) is 8.17 Å². The van der Waals surface area contributed by atoms with Crippen molar-refractivity contribution >= 4 is 44.9 Å². The van der Waals surface area contributed by atoms with Crippen LogP contribution in [-0.2, 0) is 5.41 Å². The Bertz CT molecular complexity index is 2940. The van der Waals surface area contributed by atoms with Crippen LogP contribution in [0.15, 0.2) is 193 Å². The third-order valence-electron chi connectivity index (χ3n) is 11.8. The first kappa shape index (κ1) is 29.3. The lowest BCUT2D eigenvalue weighted by atomic mass is 9.64. The van der Waals surface area contributed by atoms with Gasteiger partial charge in [-0.05, 0) is 86.5 Å². The number of benzene rings is 8. The summed E-state index contributed by atoms with van der Waals surface area (Å²) in [6, 6.07) is 70.1. The van der Waals surface area contributed by atoms with E-state index in [1.807, 2.05) is 11.8 Å². The van der Waals surface area contributed by atoms with Gasteiger partial charge in [-0.25, -0.2) is 0 Å². The van der Waals surface area contributed by atoms with E-state index < -0.39 is 5.41 Å². The summed E-state index contributed by atoms with van der Waals surface area (Å²) in [6.45, 7) is 0. The van der Waals surface area contributed by atoms with Gasteiger partial charge in [-0.3, -0.25) is 0 Å². The maximum absolute atomic E-state index is 2.52. The zero-order valence-electron chi connectivity index (χ0n) is 28.8. The van der Waals surface area contributed by atoms with Crippen LogP contribution in [0.3, 0.4) is 0 Å². The minimum atomic E-state index is -0.491. The molecule has 9 aromatic rings. The largest absolute Gasteiger partial charge is 0.323 e. The molecular weight excluding hydrogens is 661 g/mol. The van der Waals surface area contributed by atoms with Crippen LogP contribution in [0.4, 0.5) is 11.4 Å². The molecule has 2 nitrogen and oxygen atoms in total. The van der Waals surface area contributed by atoms with E-state index in [2.05, 4.69) is 198 Å². The number of aromatic nitrogens is 1. The van der Waals surface area contributed by atoms with Crippen LogP contribution in [0.1, 0.15) is 33.2 Å². The number of nitrogens with zero attached hydrogens (tertiary/aromatic N) is 2. The smallest absolute Gasteiger partial charge is 0.110 e. The Morgan fingerprint density at radius 3 is 1.98 bits per heavy atom. The van der Waals surface area contributed by atoms with Gasteiger partial charge >= 0.3 is 0 Å². The van der Waals surface area contributed by atoms with E-state index in [0.717, 1.165) is 0 Å². The van der Waals surface area contributed by atoms with Crippen LogP contribution in [0.25, 0.3) is 49.7 Å². The number of hydrogen-bond acceptors (Lipinski definition) is 2. The molecule has 2 aliphatic heterocycles. The lowest BCUT2D eigenvalue weighted by Gasteiger charge is -2.40. The molecule has 0 fully saturated rings. The molecule has 0 radical (unpaired) electrons. The van der Waals surface area contributed by atoms with Gasteiger partial charge in [-0.1, -0.05) is 163 Å². The van der Waals surface area contributed by atoms with Gasteiger partial charge in [-0.2, -0.15) is 0 Å². The second-order valence-corrected chi connectivity index (χ2v) is 15.5. The molecule has 0 saturated heterocycles. The lowest BCUT2D eigenvalue weighted by molar-refractivity contribution is 0.750. The van der Waals surface area contributed by atoms with Gasteiger partial charge in [0.15, 0.2) is 0 Å². The highest BCUT2D eigenvalue weighted by atomic mass is 32.2. The minimum Gasteiger partial charge on any atom is -0.323 e. The van der Waals surface area contributed by atoms with Crippen molar-refractivity contribution in [3.05, 3.63) is 216 Å². The van der Waals surface area contributed by atoms with Crippen LogP contribution >= 0.6 is 11.8 Å². The average molecular weight is 693 g/mol. The maximum Gasteiger partial charge on any atom is 0.110 e. The first-order valence-electron chi connectivity index (χ1n) is 18.4. The number of fused-ring (bicyclic) bond motifs is 13. The second-order valence-electron chi connectivity index (χ2n) is 14.4. The maximum atomic E-state index is 2.52. The second kappa shape index (κ2) is 10.9. The number of rotatable bonds is 3. The van der Waals surface area contributed by atoms with Gasteiger partial charge in [0.1, 0.15) is 5.37 Å². The van der Waals surface area contributed by atoms with E-state index in [4.69, 9.17) is 0 Å². The van der Waals surface area contributed by atoms with Crippen molar-refractivity contribution in [3.63, 3.8) is 0 Å².